The highest BCUT2D eigenvalue weighted by Gasteiger charge is 2.13. The lowest BCUT2D eigenvalue weighted by Crippen LogP contribution is -2.27. The minimum Gasteiger partial charge on any atom is -0.341 e. The highest BCUT2D eigenvalue weighted by Crippen LogP contribution is 2.28. The molecule has 3 aromatic rings. The van der Waals surface area contributed by atoms with Crippen LogP contribution in [-0.4, -0.2) is 22.8 Å². The lowest BCUT2D eigenvalue weighted by atomic mass is 10.2. The van der Waals surface area contributed by atoms with Gasteiger partial charge in [-0.1, -0.05) is 29.8 Å². The molecule has 0 N–H and O–H groups in total. The predicted octanol–water partition coefficient (Wildman–Crippen LogP) is 4.73. The van der Waals surface area contributed by atoms with Crippen LogP contribution in [-0.2, 0) is 17.8 Å². The second kappa shape index (κ2) is 7.25. The van der Waals surface area contributed by atoms with Crippen molar-refractivity contribution < 1.29 is 4.79 Å². The molecule has 0 aliphatic heterocycles. The molecule has 1 amide bonds. The molecular formula is C17H15ClN2OS2. The molecule has 1 aromatic carbocycles. The van der Waals surface area contributed by atoms with Gasteiger partial charge in [-0.05, 0) is 29.1 Å². The first kappa shape index (κ1) is 16.2. The van der Waals surface area contributed by atoms with E-state index in [1.165, 1.54) is 0 Å². The molecule has 0 atom stereocenters. The van der Waals surface area contributed by atoms with Crippen LogP contribution in [0.3, 0.4) is 0 Å². The van der Waals surface area contributed by atoms with Crippen LogP contribution in [0.25, 0.3) is 9.88 Å². The van der Waals surface area contributed by atoms with Crippen molar-refractivity contribution in [1.29, 1.82) is 0 Å². The van der Waals surface area contributed by atoms with E-state index in [-0.39, 0.29) is 5.91 Å². The molecule has 0 saturated heterocycles. The normalized spacial score (nSPS) is 10.7. The van der Waals surface area contributed by atoms with E-state index >= 15 is 0 Å². The first-order chi connectivity index (χ1) is 11.1. The second-order valence-electron chi connectivity index (χ2n) is 5.17. The van der Waals surface area contributed by atoms with Crippen LogP contribution in [0.15, 0.2) is 47.2 Å². The molecule has 2 heterocycles. The van der Waals surface area contributed by atoms with Gasteiger partial charge in [-0.3, -0.25) is 4.79 Å². The number of thiazole rings is 1. The number of aromatic nitrogens is 1. The van der Waals surface area contributed by atoms with E-state index in [0.717, 1.165) is 21.1 Å². The predicted molar refractivity (Wildman–Crippen MR) is 97.1 cm³/mol. The minimum atomic E-state index is 0.0583. The van der Waals surface area contributed by atoms with Crippen molar-refractivity contribution >= 4 is 40.2 Å². The number of amides is 1. The summed E-state index contributed by atoms with van der Waals surface area (Å²) in [5, 5.41) is 5.67. The van der Waals surface area contributed by atoms with Crippen molar-refractivity contribution in [3.8, 4) is 9.88 Å². The van der Waals surface area contributed by atoms with E-state index < -0.39 is 0 Å². The van der Waals surface area contributed by atoms with Crippen LogP contribution in [0.1, 0.15) is 11.3 Å². The van der Waals surface area contributed by atoms with Crippen molar-refractivity contribution in [3.63, 3.8) is 0 Å². The number of benzene rings is 1. The van der Waals surface area contributed by atoms with Gasteiger partial charge in [0.25, 0.3) is 0 Å². The first-order valence-electron chi connectivity index (χ1n) is 7.08. The number of rotatable bonds is 5. The zero-order valence-corrected chi connectivity index (χ0v) is 14.9. The molecule has 23 heavy (non-hydrogen) atoms. The number of carbonyl (C=O) groups is 1. The molecule has 3 rings (SSSR count). The Morgan fingerprint density at radius 1 is 1.22 bits per heavy atom. The topological polar surface area (TPSA) is 33.2 Å². The monoisotopic (exact) mass is 362 g/mol. The second-order valence-corrected chi connectivity index (χ2v) is 7.42. The molecule has 3 nitrogen and oxygen atoms in total. The number of hydrogen-bond donors (Lipinski definition) is 0. The van der Waals surface area contributed by atoms with Gasteiger partial charge >= 0.3 is 0 Å². The van der Waals surface area contributed by atoms with Gasteiger partial charge in [-0.25, -0.2) is 4.98 Å². The number of carbonyl (C=O) groups excluding carboxylic acids is 1. The fourth-order valence-electron chi connectivity index (χ4n) is 2.14. The van der Waals surface area contributed by atoms with E-state index in [0.29, 0.717) is 18.0 Å². The van der Waals surface area contributed by atoms with Gasteiger partial charge in [0.05, 0.1) is 17.0 Å². The Kier molecular flexibility index (Phi) is 5.10. The van der Waals surface area contributed by atoms with E-state index in [1.54, 1.807) is 27.6 Å². The van der Waals surface area contributed by atoms with Crippen LogP contribution in [0.5, 0.6) is 0 Å². The SMILES string of the molecule is CN(Cc1ccc(Cl)cc1)C(=O)Cc1csc(-c2cccs2)n1. The quantitative estimate of drug-likeness (QED) is 0.657. The molecule has 0 unspecified atom stereocenters. The molecule has 2 aromatic heterocycles. The Balaban J connectivity index is 1.61. The van der Waals surface area contributed by atoms with Crippen LogP contribution in [0.2, 0.25) is 5.02 Å². The van der Waals surface area contributed by atoms with Crippen LogP contribution < -0.4 is 0 Å². The lowest BCUT2D eigenvalue weighted by molar-refractivity contribution is -0.129. The third-order valence-corrected chi connectivity index (χ3v) is 5.56. The lowest BCUT2D eigenvalue weighted by Gasteiger charge is -2.16. The van der Waals surface area contributed by atoms with E-state index in [2.05, 4.69) is 4.98 Å². The Hall–Kier alpha value is -1.69. The fraction of sp³-hybridized carbons (Fsp3) is 0.176. The van der Waals surface area contributed by atoms with Crippen molar-refractivity contribution in [1.82, 2.24) is 9.88 Å². The largest absolute Gasteiger partial charge is 0.341 e. The molecule has 118 valence electrons. The van der Waals surface area contributed by atoms with Gasteiger partial charge in [0.15, 0.2) is 0 Å². The van der Waals surface area contributed by atoms with E-state index in [4.69, 9.17) is 11.6 Å². The summed E-state index contributed by atoms with van der Waals surface area (Å²) < 4.78 is 0. The Bertz CT molecular complexity index is 781. The summed E-state index contributed by atoms with van der Waals surface area (Å²) in [6.07, 6.45) is 0.325. The molecule has 6 heteroatoms. The van der Waals surface area contributed by atoms with Gasteiger partial charge in [-0.15, -0.1) is 22.7 Å². The maximum atomic E-state index is 12.3. The minimum absolute atomic E-state index is 0.0583. The van der Waals surface area contributed by atoms with Gasteiger partial charge in [0, 0.05) is 24.0 Å². The number of hydrogen-bond acceptors (Lipinski definition) is 4. The number of halogens is 1. The van der Waals surface area contributed by atoms with Crippen molar-refractivity contribution in [2.24, 2.45) is 0 Å². The average Bonchev–Trinajstić information content (AvgIpc) is 3.20. The van der Waals surface area contributed by atoms with Crippen molar-refractivity contribution in [2.75, 3.05) is 7.05 Å². The molecule has 0 aliphatic carbocycles. The summed E-state index contributed by atoms with van der Waals surface area (Å²) in [6, 6.07) is 11.6. The summed E-state index contributed by atoms with van der Waals surface area (Å²) in [4.78, 5) is 19.8. The van der Waals surface area contributed by atoms with Gasteiger partial charge in [0.2, 0.25) is 5.91 Å². The number of nitrogens with zero attached hydrogens (tertiary/aromatic N) is 2. The van der Waals surface area contributed by atoms with Crippen LogP contribution in [0.4, 0.5) is 0 Å². The van der Waals surface area contributed by atoms with Crippen molar-refractivity contribution in [3.05, 3.63) is 63.4 Å². The molecule has 0 radical (unpaired) electrons. The molecule has 0 saturated carbocycles. The van der Waals surface area contributed by atoms with Crippen molar-refractivity contribution in [2.45, 2.75) is 13.0 Å². The smallest absolute Gasteiger partial charge is 0.228 e. The summed E-state index contributed by atoms with van der Waals surface area (Å²) in [5.41, 5.74) is 1.88. The zero-order chi connectivity index (χ0) is 16.2. The van der Waals surface area contributed by atoms with E-state index in [1.807, 2.05) is 54.2 Å². The number of thiophene rings is 1. The number of likely N-dealkylation sites (N-methyl/N-ethyl adjacent to an activating group) is 1. The molecular weight excluding hydrogens is 348 g/mol. The zero-order valence-electron chi connectivity index (χ0n) is 12.5. The highest BCUT2D eigenvalue weighted by atomic mass is 35.5. The van der Waals surface area contributed by atoms with E-state index in [9.17, 15) is 4.79 Å². The first-order valence-corrected chi connectivity index (χ1v) is 9.22. The van der Waals surface area contributed by atoms with Crippen LogP contribution >= 0.6 is 34.3 Å². The third-order valence-electron chi connectivity index (χ3n) is 3.37. The van der Waals surface area contributed by atoms with Gasteiger partial charge in [-0.2, -0.15) is 0 Å². The summed E-state index contributed by atoms with van der Waals surface area (Å²) >= 11 is 9.12. The third kappa shape index (κ3) is 4.19. The van der Waals surface area contributed by atoms with Gasteiger partial charge in [0.1, 0.15) is 5.01 Å². The van der Waals surface area contributed by atoms with Crippen LogP contribution in [0, 0.1) is 0 Å². The molecule has 0 aliphatic rings. The summed E-state index contributed by atoms with van der Waals surface area (Å²) in [7, 11) is 1.81. The molecule has 0 fully saturated rings. The fourth-order valence-corrected chi connectivity index (χ4v) is 3.90. The summed E-state index contributed by atoms with van der Waals surface area (Å²) in [6.45, 7) is 0.567. The maximum Gasteiger partial charge on any atom is 0.228 e. The molecule has 0 bridgehead atoms. The Morgan fingerprint density at radius 3 is 2.70 bits per heavy atom. The Morgan fingerprint density at radius 2 is 2.00 bits per heavy atom. The van der Waals surface area contributed by atoms with Gasteiger partial charge < -0.3 is 4.90 Å². The highest BCUT2D eigenvalue weighted by molar-refractivity contribution is 7.20. The summed E-state index contributed by atoms with van der Waals surface area (Å²) in [5.74, 6) is 0.0583. The molecule has 0 spiro atoms. The average molecular weight is 363 g/mol. The Labute approximate surface area is 148 Å². The maximum absolute atomic E-state index is 12.3. The standard InChI is InChI=1S/C17H15ClN2OS2/c1-20(10-12-4-6-13(18)7-5-12)16(21)9-14-11-23-17(19-14)15-3-2-8-22-15/h2-8,11H,9-10H2,1H3.